The number of nitrogens with zero attached hydrogens (tertiary/aromatic N) is 1. The maximum absolute atomic E-state index is 5.09. The van der Waals surface area contributed by atoms with Gasteiger partial charge in [0.25, 0.3) is 0 Å². The molecule has 1 aliphatic heterocycles. The Balaban J connectivity index is 1.95. The van der Waals surface area contributed by atoms with Gasteiger partial charge in [-0.15, -0.1) is 0 Å². The fraction of sp³-hybridized carbons (Fsp3) is 0.381. The highest BCUT2D eigenvalue weighted by Gasteiger charge is 2.55. The Bertz CT molecular complexity index is 742. The van der Waals surface area contributed by atoms with Gasteiger partial charge in [0.1, 0.15) is 0 Å². The number of fused-ring (bicyclic) bond motifs is 2. The maximum atomic E-state index is 5.09. The van der Waals surface area contributed by atoms with Crippen molar-refractivity contribution < 1.29 is 0 Å². The highest BCUT2D eigenvalue weighted by Crippen LogP contribution is 2.60. The van der Waals surface area contributed by atoms with E-state index in [4.69, 9.17) is 4.99 Å². The number of aliphatic imine (C=N–C) groups is 1. The zero-order chi connectivity index (χ0) is 15.4. The average molecular weight is 289 g/mol. The van der Waals surface area contributed by atoms with Gasteiger partial charge in [-0.25, -0.2) is 0 Å². The molecule has 2 aromatic rings. The second kappa shape index (κ2) is 4.55. The molecule has 0 radical (unpaired) electrons. The van der Waals surface area contributed by atoms with Gasteiger partial charge in [-0.05, 0) is 41.4 Å². The normalized spacial score (nSPS) is 28.7. The van der Waals surface area contributed by atoms with Gasteiger partial charge in [0.15, 0.2) is 0 Å². The number of hydrogen-bond acceptors (Lipinski definition) is 1. The quantitative estimate of drug-likeness (QED) is 0.656. The molecular formula is C21H23N. The topological polar surface area (TPSA) is 12.4 Å². The number of para-hydroxylation sites is 1. The van der Waals surface area contributed by atoms with Gasteiger partial charge in [-0.3, -0.25) is 4.99 Å². The molecule has 0 N–H and O–H groups in total. The highest BCUT2D eigenvalue weighted by molar-refractivity contribution is 6.13. The molecule has 1 spiro atoms. The summed E-state index contributed by atoms with van der Waals surface area (Å²) in [4.78, 5) is 5.09. The first-order valence-corrected chi connectivity index (χ1v) is 8.27. The summed E-state index contributed by atoms with van der Waals surface area (Å²) < 4.78 is 0. The van der Waals surface area contributed by atoms with Gasteiger partial charge in [-0.1, -0.05) is 69.3 Å². The Morgan fingerprint density at radius 1 is 0.955 bits per heavy atom. The second-order valence-electron chi connectivity index (χ2n) is 7.76. The molecule has 1 heteroatoms. The van der Waals surface area contributed by atoms with Crippen LogP contribution in [0, 0.1) is 11.3 Å². The first-order chi connectivity index (χ1) is 10.5. The van der Waals surface area contributed by atoms with Crippen molar-refractivity contribution in [2.75, 3.05) is 0 Å². The molecule has 1 aliphatic carbocycles. The van der Waals surface area contributed by atoms with Crippen LogP contribution in [0.4, 0.5) is 5.69 Å². The molecule has 0 bridgehead atoms. The fourth-order valence-electron chi connectivity index (χ4n) is 4.90. The van der Waals surface area contributed by atoms with Gasteiger partial charge >= 0.3 is 0 Å². The maximum Gasteiger partial charge on any atom is 0.0675 e. The SMILES string of the molecule is C[C@@H]1CC(C)(C)C[C@]12C(c1ccccc1)=Nc1ccccc12. The minimum Gasteiger partial charge on any atom is -0.252 e. The molecule has 0 amide bonds. The third-order valence-corrected chi connectivity index (χ3v) is 5.54. The van der Waals surface area contributed by atoms with E-state index in [1.54, 1.807) is 0 Å². The third kappa shape index (κ3) is 1.81. The number of benzene rings is 2. The lowest BCUT2D eigenvalue weighted by atomic mass is 9.68. The van der Waals surface area contributed by atoms with Crippen LogP contribution < -0.4 is 0 Å². The smallest absolute Gasteiger partial charge is 0.0675 e. The van der Waals surface area contributed by atoms with Crippen molar-refractivity contribution in [3.8, 4) is 0 Å². The van der Waals surface area contributed by atoms with E-state index in [1.165, 1.54) is 35.4 Å². The van der Waals surface area contributed by atoms with Crippen LogP contribution in [0.1, 0.15) is 44.7 Å². The molecule has 1 heterocycles. The Labute approximate surface area is 133 Å². The van der Waals surface area contributed by atoms with Gasteiger partial charge in [0.05, 0.1) is 11.4 Å². The Morgan fingerprint density at radius 3 is 2.32 bits per heavy atom. The second-order valence-corrected chi connectivity index (χ2v) is 7.76. The Kier molecular flexibility index (Phi) is 2.84. The summed E-state index contributed by atoms with van der Waals surface area (Å²) in [5, 5.41) is 0. The van der Waals surface area contributed by atoms with E-state index in [0.29, 0.717) is 11.3 Å². The summed E-state index contributed by atoms with van der Waals surface area (Å²) in [6.07, 6.45) is 2.44. The molecule has 4 rings (SSSR count). The van der Waals surface area contributed by atoms with E-state index in [-0.39, 0.29) is 5.41 Å². The summed E-state index contributed by atoms with van der Waals surface area (Å²) in [6.45, 7) is 7.22. The van der Waals surface area contributed by atoms with Crippen molar-refractivity contribution in [2.45, 2.75) is 39.0 Å². The zero-order valence-electron chi connectivity index (χ0n) is 13.6. The van der Waals surface area contributed by atoms with Gasteiger partial charge in [0.2, 0.25) is 0 Å². The van der Waals surface area contributed by atoms with Crippen molar-refractivity contribution in [3.05, 3.63) is 65.7 Å². The lowest BCUT2D eigenvalue weighted by molar-refractivity contribution is 0.363. The summed E-state index contributed by atoms with van der Waals surface area (Å²) in [6, 6.07) is 19.5. The Morgan fingerprint density at radius 2 is 1.64 bits per heavy atom. The molecule has 1 nitrogen and oxygen atoms in total. The van der Waals surface area contributed by atoms with Crippen molar-refractivity contribution in [1.29, 1.82) is 0 Å². The fourth-order valence-corrected chi connectivity index (χ4v) is 4.90. The van der Waals surface area contributed by atoms with Crippen LogP contribution in [0.5, 0.6) is 0 Å². The van der Waals surface area contributed by atoms with E-state index in [1.807, 2.05) is 0 Å². The van der Waals surface area contributed by atoms with Gasteiger partial charge < -0.3 is 0 Å². The van der Waals surface area contributed by atoms with E-state index in [0.717, 1.165) is 0 Å². The van der Waals surface area contributed by atoms with Crippen LogP contribution >= 0.6 is 0 Å². The molecule has 0 aromatic heterocycles. The molecule has 22 heavy (non-hydrogen) atoms. The van der Waals surface area contributed by atoms with Crippen molar-refractivity contribution in [3.63, 3.8) is 0 Å². The van der Waals surface area contributed by atoms with Crippen molar-refractivity contribution in [1.82, 2.24) is 0 Å². The average Bonchev–Trinajstić information content (AvgIpc) is 2.95. The van der Waals surface area contributed by atoms with Gasteiger partial charge in [-0.2, -0.15) is 0 Å². The molecular weight excluding hydrogens is 266 g/mol. The van der Waals surface area contributed by atoms with Crippen LogP contribution in [-0.2, 0) is 5.41 Å². The summed E-state index contributed by atoms with van der Waals surface area (Å²) in [5.74, 6) is 0.616. The van der Waals surface area contributed by atoms with Crippen molar-refractivity contribution >= 4 is 11.4 Å². The largest absolute Gasteiger partial charge is 0.252 e. The molecule has 2 aromatic carbocycles. The molecule has 2 atom stereocenters. The van der Waals surface area contributed by atoms with E-state index in [2.05, 4.69) is 75.4 Å². The molecule has 1 fully saturated rings. The lowest BCUT2D eigenvalue weighted by Gasteiger charge is -2.33. The standard InChI is InChI=1S/C21H23N/c1-15-13-20(2,3)14-21(15)17-11-7-8-12-18(17)22-19(21)16-9-5-4-6-10-16/h4-12,15H,13-14H2,1-3H3/t15-,21+/m1/s1. The zero-order valence-corrected chi connectivity index (χ0v) is 13.6. The lowest BCUT2D eigenvalue weighted by Crippen LogP contribution is -2.37. The molecule has 1 saturated carbocycles. The monoisotopic (exact) mass is 289 g/mol. The summed E-state index contributed by atoms with van der Waals surface area (Å²) >= 11 is 0. The molecule has 0 saturated heterocycles. The predicted octanol–water partition coefficient (Wildman–Crippen LogP) is 5.51. The molecule has 0 unspecified atom stereocenters. The van der Waals surface area contributed by atoms with Gasteiger partial charge in [0, 0.05) is 5.41 Å². The summed E-state index contributed by atoms with van der Waals surface area (Å²) in [5.41, 5.74) is 5.63. The Hall–Kier alpha value is -1.89. The van der Waals surface area contributed by atoms with Crippen molar-refractivity contribution in [2.24, 2.45) is 16.3 Å². The van der Waals surface area contributed by atoms with Crippen LogP contribution in [0.3, 0.4) is 0 Å². The van der Waals surface area contributed by atoms with E-state index >= 15 is 0 Å². The van der Waals surface area contributed by atoms with Crippen LogP contribution in [0.25, 0.3) is 0 Å². The van der Waals surface area contributed by atoms with Crippen LogP contribution in [0.2, 0.25) is 0 Å². The first kappa shape index (κ1) is 13.8. The minimum absolute atomic E-state index is 0.0848. The van der Waals surface area contributed by atoms with E-state index in [9.17, 15) is 0 Å². The highest BCUT2D eigenvalue weighted by atomic mass is 14.9. The van der Waals surface area contributed by atoms with Crippen LogP contribution in [0.15, 0.2) is 59.6 Å². The first-order valence-electron chi connectivity index (χ1n) is 8.27. The number of hydrogen-bond donors (Lipinski definition) is 0. The third-order valence-electron chi connectivity index (χ3n) is 5.54. The van der Waals surface area contributed by atoms with E-state index < -0.39 is 0 Å². The minimum atomic E-state index is 0.0848. The van der Waals surface area contributed by atoms with Crippen LogP contribution in [-0.4, -0.2) is 5.71 Å². The predicted molar refractivity (Wildman–Crippen MR) is 92.9 cm³/mol. The molecule has 2 aliphatic rings. The number of rotatable bonds is 1. The summed E-state index contributed by atoms with van der Waals surface area (Å²) in [7, 11) is 0. The molecule has 112 valence electrons.